The lowest BCUT2D eigenvalue weighted by molar-refractivity contribution is -0.00284. The van der Waals surface area contributed by atoms with Gasteiger partial charge in [-0.05, 0) is 30.5 Å². The predicted octanol–water partition coefficient (Wildman–Crippen LogP) is 4.52. The highest BCUT2D eigenvalue weighted by Gasteiger charge is 2.35. The molecule has 0 aliphatic carbocycles. The van der Waals surface area contributed by atoms with Crippen molar-refractivity contribution in [1.82, 2.24) is 4.90 Å². The Morgan fingerprint density at radius 3 is 2.33 bits per heavy atom. The van der Waals surface area contributed by atoms with Crippen LogP contribution < -0.4 is 9.47 Å². The molecule has 1 heterocycles. The summed E-state index contributed by atoms with van der Waals surface area (Å²) >= 11 is 0. The van der Waals surface area contributed by atoms with Crippen LogP contribution in [0.2, 0.25) is 0 Å². The fourth-order valence-corrected chi connectivity index (χ4v) is 4.01. The van der Waals surface area contributed by atoms with Gasteiger partial charge in [0.05, 0.1) is 19.6 Å². The quantitative estimate of drug-likeness (QED) is 0.741. The van der Waals surface area contributed by atoms with Crippen LogP contribution in [0, 0.1) is 5.92 Å². The number of ether oxygens (including phenoxy) is 2. The first-order valence-electron chi connectivity index (χ1n) is 9.73. The Morgan fingerprint density at radius 2 is 1.74 bits per heavy atom. The molecule has 5 nitrogen and oxygen atoms in total. The van der Waals surface area contributed by atoms with Gasteiger partial charge in [0, 0.05) is 23.1 Å². The highest BCUT2D eigenvalue weighted by atomic mass is 16.5. The van der Waals surface area contributed by atoms with Crippen molar-refractivity contribution in [3.63, 3.8) is 0 Å². The zero-order valence-electron chi connectivity index (χ0n) is 16.6. The number of unbranched alkanes of at least 4 members (excludes halogenated alkanes) is 1. The van der Waals surface area contributed by atoms with Crippen LogP contribution in [-0.4, -0.2) is 36.7 Å². The van der Waals surface area contributed by atoms with Gasteiger partial charge in [-0.3, -0.25) is 4.79 Å². The van der Waals surface area contributed by atoms with Gasteiger partial charge in [-0.2, -0.15) is 0 Å². The molecular weight excluding hydrogens is 342 g/mol. The Bertz CT molecular complexity index is 822. The average molecular weight is 371 g/mol. The van der Waals surface area contributed by atoms with E-state index in [-0.39, 0.29) is 5.91 Å². The summed E-state index contributed by atoms with van der Waals surface area (Å²) in [5.41, 5.74) is 1.32. The molecule has 0 spiro atoms. The third-order valence-electron chi connectivity index (χ3n) is 5.62. The molecule has 1 N–H and O–H groups in total. The van der Waals surface area contributed by atoms with E-state index >= 15 is 0 Å². The second-order valence-electron chi connectivity index (χ2n) is 7.17. The van der Waals surface area contributed by atoms with E-state index in [0.717, 1.165) is 42.0 Å². The van der Waals surface area contributed by atoms with E-state index in [1.165, 1.54) is 0 Å². The van der Waals surface area contributed by atoms with E-state index in [0.29, 0.717) is 29.5 Å². The van der Waals surface area contributed by atoms with Crippen LogP contribution in [0.1, 0.15) is 61.7 Å². The van der Waals surface area contributed by atoms with Gasteiger partial charge in [-0.25, -0.2) is 0 Å². The van der Waals surface area contributed by atoms with Gasteiger partial charge in [0.25, 0.3) is 5.91 Å². The van der Waals surface area contributed by atoms with Crippen molar-refractivity contribution in [3.05, 3.63) is 35.4 Å². The first-order valence-corrected chi connectivity index (χ1v) is 9.73. The number of methoxy groups -OCH3 is 2. The number of nitrogens with zero attached hydrogens (tertiary/aromatic N) is 1. The van der Waals surface area contributed by atoms with Crippen LogP contribution in [-0.2, 0) is 0 Å². The molecular formula is C22H29NO4. The Morgan fingerprint density at radius 1 is 1.07 bits per heavy atom. The van der Waals surface area contributed by atoms with Gasteiger partial charge < -0.3 is 19.5 Å². The minimum atomic E-state index is -0.957. The fourth-order valence-electron chi connectivity index (χ4n) is 4.01. The number of hydrogen-bond acceptors (Lipinski definition) is 4. The molecule has 1 aliphatic heterocycles. The lowest BCUT2D eigenvalue weighted by atomic mass is 9.90. The number of carbonyl (C=O) groups excluding carboxylic acids is 1. The number of carbonyl (C=O) groups is 1. The van der Waals surface area contributed by atoms with Crippen molar-refractivity contribution in [2.24, 2.45) is 5.92 Å². The normalized spacial score (nSPS) is 17.3. The predicted molar refractivity (Wildman–Crippen MR) is 106 cm³/mol. The first kappa shape index (κ1) is 19.5. The summed E-state index contributed by atoms with van der Waals surface area (Å²) in [6, 6.07) is 7.27. The molecule has 146 valence electrons. The molecule has 2 unspecified atom stereocenters. The molecule has 2 atom stereocenters. The molecule has 0 fully saturated rings. The Hall–Kier alpha value is -2.27. The molecule has 3 rings (SSSR count). The number of rotatable bonds is 8. The average Bonchev–Trinajstić information content (AvgIpc) is 2.70. The van der Waals surface area contributed by atoms with Crippen molar-refractivity contribution < 1.29 is 19.4 Å². The minimum absolute atomic E-state index is 0.133. The van der Waals surface area contributed by atoms with Crippen molar-refractivity contribution in [1.29, 1.82) is 0 Å². The van der Waals surface area contributed by atoms with Gasteiger partial charge >= 0.3 is 0 Å². The molecule has 2 aromatic carbocycles. The third-order valence-corrected chi connectivity index (χ3v) is 5.62. The molecule has 0 bridgehead atoms. The van der Waals surface area contributed by atoms with Crippen molar-refractivity contribution in [3.8, 4) is 11.5 Å². The van der Waals surface area contributed by atoms with E-state index in [1.54, 1.807) is 31.3 Å². The van der Waals surface area contributed by atoms with E-state index in [9.17, 15) is 9.90 Å². The van der Waals surface area contributed by atoms with E-state index < -0.39 is 6.23 Å². The van der Waals surface area contributed by atoms with E-state index in [2.05, 4.69) is 13.8 Å². The largest absolute Gasteiger partial charge is 0.496 e. The van der Waals surface area contributed by atoms with Crippen LogP contribution in [0.15, 0.2) is 24.3 Å². The number of hydrogen-bond donors (Lipinski definition) is 1. The van der Waals surface area contributed by atoms with Gasteiger partial charge in [0.2, 0.25) is 0 Å². The standard InChI is InChI=1S/C22H29NO4/c1-5-7-8-14(6-2)13-23-21(24)15-9-11-17(26-3)20-18(27-4)12-10-16(19(15)20)22(23)25/h9-12,14,21,24H,5-8,13H2,1-4H3. The molecule has 5 heteroatoms. The maximum atomic E-state index is 13.2. The Labute approximate surface area is 160 Å². The fraction of sp³-hybridized carbons (Fsp3) is 0.500. The van der Waals surface area contributed by atoms with Gasteiger partial charge in [0.1, 0.15) is 11.5 Å². The number of benzene rings is 2. The van der Waals surface area contributed by atoms with Gasteiger partial charge in [-0.1, -0.05) is 39.2 Å². The van der Waals surface area contributed by atoms with E-state index in [1.807, 2.05) is 12.1 Å². The highest BCUT2D eigenvalue weighted by Crippen LogP contribution is 2.44. The maximum absolute atomic E-state index is 13.2. The van der Waals surface area contributed by atoms with Crippen LogP contribution >= 0.6 is 0 Å². The molecule has 1 amide bonds. The molecule has 2 aromatic rings. The lowest BCUT2D eigenvalue weighted by Crippen LogP contribution is -2.41. The summed E-state index contributed by atoms with van der Waals surface area (Å²) in [4.78, 5) is 14.8. The Kier molecular flexibility index (Phi) is 5.90. The van der Waals surface area contributed by atoms with Crippen LogP contribution in [0.4, 0.5) is 0 Å². The summed E-state index contributed by atoms with van der Waals surface area (Å²) < 4.78 is 11.0. The smallest absolute Gasteiger partial charge is 0.256 e. The van der Waals surface area contributed by atoms with Crippen molar-refractivity contribution in [2.75, 3.05) is 20.8 Å². The lowest BCUT2D eigenvalue weighted by Gasteiger charge is -2.36. The molecule has 27 heavy (non-hydrogen) atoms. The Balaban J connectivity index is 2.07. The molecule has 1 aliphatic rings. The second kappa shape index (κ2) is 8.17. The monoisotopic (exact) mass is 371 g/mol. The zero-order chi connectivity index (χ0) is 19.6. The van der Waals surface area contributed by atoms with Crippen molar-refractivity contribution in [2.45, 2.75) is 45.8 Å². The SMILES string of the molecule is CCCCC(CC)CN1C(=O)c2ccc(OC)c3c(OC)ccc(c23)C1O. The van der Waals surface area contributed by atoms with Crippen LogP contribution in [0.5, 0.6) is 11.5 Å². The summed E-state index contributed by atoms with van der Waals surface area (Å²) in [5, 5.41) is 12.5. The topological polar surface area (TPSA) is 59.0 Å². The summed E-state index contributed by atoms with van der Waals surface area (Å²) in [5.74, 6) is 1.52. The van der Waals surface area contributed by atoms with Gasteiger partial charge in [-0.15, -0.1) is 0 Å². The summed E-state index contributed by atoms with van der Waals surface area (Å²) in [6.07, 6.45) is 3.37. The number of amides is 1. The van der Waals surface area contributed by atoms with Gasteiger partial charge in [0.15, 0.2) is 6.23 Å². The number of aliphatic hydroxyl groups excluding tert-OH is 1. The highest BCUT2D eigenvalue weighted by molar-refractivity contribution is 6.13. The molecule has 0 aromatic heterocycles. The summed E-state index contributed by atoms with van der Waals surface area (Å²) in [7, 11) is 3.19. The second-order valence-corrected chi connectivity index (χ2v) is 7.17. The number of aliphatic hydroxyl groups is 1. The van der Waals surface area contributed by atoms with Crippen LogP contribution in [0.25, 0.3) is 10.8 Å². The summed E-state index contributed by atoms with van der Waals surface area (Å²) in [6.45, 7) is 4.88. The molecule has 0 saturated carbocycles. The van der Waals surface area contributed by atoms with Crippen LogP contribution in [0.3, 0.4) is 0 Å². The minimum Gasteiger partial charge on any atom is -0.496 e. The third kappa shape index (κ3) is 3.36. The molecule has 0 saturated heterocycles. The zero-order valence-corrected chi connectivity index (χ0v) is 16.6. The van der Waals surface area contributed by atoms with E-state index in [4.69, 9.17) is 9.47 Å². The molecule has 0 radical (unpaired) electrons. The van der Waals surface area contributed by atoms with Crippen molar-refractivity contribution >= 4 is 16.7 Å². The first-order chi connectivity index (χ1) is 13.1. The maximum Gasteiger partial charge on any atom is 0.256 e.